The van der Waals surface area contributed by atoms with Gasteiger partial charge in [0.15, 0.2) is 0 Å². The summed E-state index contributed by atoms with van der Waals surface area (Å²) in [5, 5.41) is 3.57. The molecule has 0 bridgehead atoms. The normalized spacial score (nSPS) is 20.5. The van der Waals surface area contributed by atoms with E-state index in [0.717, 1.165) is 12.5 Å². The smallest absolute Gasteiger partial charge is 0.0107 e. The van der Waals surface area contributed by atoms with Crippen LogP contribution in [0.1, 0.15) is 59.8 Å². The van der Waals surface area contributed by atoms with Gasteiger partial charge in [0.1, 0.15) is 0 Å². The molecule has 1 saturated heterocycles. The van der Waals surface area contributed by atoms with Gasteiger partial charge in [0, 0.05) is 13.1 Å². The van der Waals surface area contributed by atoms with E-state index in [1.54, 1.807) is 0 Å². The molecular weight excluding hydrogens is 220 g/mol. The molecule has 1 aliphatic rings. The number of hydrogen-bond acceptors (Lipinski definition) is 2. The van der Waals surface area contributed by atoms with Crippen molar-refractivity contribution in [1.29, 1.82) is 0 Å². The molecule has 0 aliphatic carbocycles. The minimum Gasteiger partial charge on any atom is -0.315 e. The standard InChI is InChI=1S/C16H34N2/c1-5-16(6-2)8-12-18(13-9-16)14-11-17-10-7-15(3)4/h15,17H,5-14H2,1-4H3. The lowest BCUT2D eigenvalue weighted by Gasteiger charge is -2.41. The van der Waals surface area contributed by atoms with E-state index >= 15 is 0 Å². The lowest BCUT2D eigenvalue weighted by Crippen LogP contribution is -2.42. The molecule has 0 spiro atoms. The largest absolute Gasteiger partial charge is 0.315 e. The lowest BCUT2D eigenvalue weighted by atomic mass is 9.74. The van der Waals surface area contributed by atoms with Crippen molar-refractivity contribution in [1.82, 2.24) is 10.2 Å². The fraction of sp³-hybridized carbons (Fsp3) is 1.00. The highest BCUT2D eigenvalue weighted by Gasteiger charge is 2.30. The second kappa shape index (κ2) is 8.16. The van der Waals surface area contributed by atoms with Crippen molar-refractivity contribution in [2.45, 2.75) is 59.8 Å². The quantitative estimate of drug-likeness (QED) is 0.667. The Bertz CT molecular complexity index is 199. The summed E-state index contributed by atoms with van der Waals surface area (Å²) in [7, 11) is 0. The third-order valence-corrected chi connectivity index (χ3v) is 4.92. The molecule has 0 radical (unpaired) electrons. The first-order chi connectivity index (χ1) is 8.62. The van der Waals surface area contributed by atoms with Gasteiger partial charge in [-0.25, -0.2) is 0 Å². The molecule has 108 valence electrons. The predicted octanol–water partition coefficient (Wildman–Crippen LogP) is 3.52. The zero-order chi connectivity index (χ0) is 13.4. The van der Waals surface area contributed by atoms with Crippen LogP contribution in [0.2, 0.25) is 0 Å². The second-order valence-electron chi connectivity index (χ2n) is 6.48. The first-order valence-corrected chi connectivity index (χ1v) is 8.05. The molecule has 2 nitrogen and oxygen atoms in total. The average Bonchev–Trinajstić information content (AvgIpc) is 2.39. The summed E-state index contributed by atoms with van der Waals surface area (Å²) in [6.45, 7) is 15.5. The number of piperidine rings is 1. The highest BCUT2D eigenvalue weighted by atomic mass is 15.1. The summed E-state index contributed by atoms with van der Waals surface area (Å²) in [6.07, 6.45) is 6.85. The Labute approximate surface area is 115 Å². The van der Waals surface area contributed by atoms with E-state index in [2.05, 4.69) is 37.9 Å². The third-order valence-electron chi connectivity index (χ3n) is 4.92. The summed E-state index contributed by atoms with van der Waals surface area (Å²) in [5.74, 6) is 0.821. The molecule has 1 rings (SSSR count). The van der Waals surface area contributed by atoms with Crippen molar-refractivity contribution >= 4 is 0 Å². The van der Waals surface area contributed by atoms with E-state index in [-0.39, 0.29) is 0 Å². The number of nitrogens with one attached hydrogen (secondary N) is 1. The monoisotopic (exact) mass is 254 g/mol. The summed E-state index contributed by atoms with van der Waals surface area (Å²) < 4.78 is 0. The van der Waals surface area contributed by atoms with Gasteiger partial charge in [0.05, 0.1) is 0 Å². The van der Waals surface area contributed by atoms with E-state index in [4.69, 9.17) is 0 Å². The van der Waals surface area contributed by atoms with E-state index in [1.807, 2.05) is 0 Å². The fourth-order valence-electron chi connectivity index (χ4n) is 2.96. The van der Waals surface area contributed by atoms with E-state index in [0.29, 0.717) is 5.41 Å². The number of rotatable bonds is 8. The maximum atomic E-state index is 3.57. The van der Waals surface area contributed by atoms with Crippen LogP contribution in [-0.4, -0.2) is 37.6 Å². The van der Waals surface area contributed by atoms with Crippen LogP contribution in [0.5, 0.6) is 0 Å². The van der Waals surface area contributed by atoms with Gasteiger partial charge in [-0.05, 0) is 50.2 Å². The van der Waals surface area contributed by atoms with Crippen LogP contribution in [-0.2, 0) is 0 Å². The molecule has 1 N–H and O–H groups in total. The Morgan fingerprint density at radius 2 is 1.67 bits per heavy atom. The van der Waals surface area contributed by atoms with Crippen molar-refractivity contribution in [3.05, 3.63) is 0 Å². The van der Waals surface area contributed by atoms with Crippen LogP contribution < -0.4 is 5.32 Å². The molecule has 18 heavy (non-hydrogen) atoms. The molecule has 1 aliphatic heterocycles. The molecule has 1 heterocycles. The van der Waals surface area contributed by atoms with Gasteiger partial charge in [0.25, 0.3) is 0 Å². The summed E-state index contributed by atoms with van der Waals surface area (Å²) in [5.41, 5.74) is 0.668. The van der Waals surface area contributed by atoms with E-state index in [1.165, 1.54) is 58.3 Å². The van der Waals surface area contributed by atoms with Gasteiger partial charge in [-0.2, -0.15) is 0 Å². The van der Waals surface area contributed by atoms with E-state index in [9.17, 15) is 0 Å². The summed E-state index contributed by atoms with van der Waals surface area (Å²) in [6, 6.07) is 0. The topological polar surface area (TPSA) is 15.3 Å². The van der Waals surface area contributed by atoms with Crippen LogP contribution in [0.25, 0.3) is 0 Å². The van der Waals surface area contributed by atoms with E-state index < -0.39 is 0 Å². The summed E-state index contributed by atoms with van der Waals surface area (Å²) in [4.78, 5) is 2.64. The SMILES string of the molecule is CCC1(CC)CCN(CCNCCC(C)C)CC1. The maximum absolute atomic E-state index is 3.57. The Hall–Kier alpha value is -0.0800. The number of likely N-dealkylation sites (tertiary alicyclic amines) is 1. The molecule has 0 amide bonds. The molecule has 0 aromatic rings. The molecular formula is C16H34N2. The number of nitrogens with zero attached hydrogens (tertiary/aromatic N) is 1. The minimum atomic E-state index is 0.668. The molecule has 1 fully saturated rings. The van der Waals surface area contributed by atoms with Gasteiger partial charge in [-0.3, -0.25) is 0 Å². The second-order valence-corrected chi connectivity index (χ2v) is 6.48. The van der Waals surface area contributed by atoms with Crippen molar-refractivity contribution in [2.24, 2.45) is 11.3 Å². The first-order valence-electron chi connectivity index (χ1n) is 8.05. The Kier molecular flexibility index (Phi) is 7.25. The van der Waals surface area contributed by atoms with Gasteiger partial charge < -0.3 is 10.2 Å². The molecule has 0 aromatic carbocycles. The molecule has 0 unspecified atom stereocenters. The Morgan fingerprint density at radius 1 is 1.06 bits per heavy atom. The maximum Gasteiger partial charge on any atom is 0.0107 e. The van der Waals surface area contributed by atoms with Crippen LogP contribution in [0.15, 0.2) is 0 Å². The molecule has 0 saturated carbocycles. The third kappa shape index (κ3) is 5.27. The van der Waals surface area contributed by atoms with Crippen LogP contribution in [0.3, 0.4) is 0 Å². The highest BCUT2D eigenvalue weighted by Crippen LogP contribution is 2.37. The van der Waals surface area contributed by atoms with Crippen LogP contribution in [0, 0.1) is 11.3 Å². The average molecular weight is 254 g/mol. The summed E-state index contributed by atoms with van der Waals surface area (Å²) >= 11 is 0. The predicted molar refractivity (Wildman–Crippen MR) is 81.0 cm³/mol. The van der Waals surface area contributed by atoms with Gasteiger partial charge in [-0.1, -0.05) is 40.5 Å². The minimum absolute atomic E-state index is 0.668. The fourth-order valence-corrected chi connectivity index (χ4v) is 2.96. The lowest BCUT2D eigenvalue weighted by molar-refractivity contribution is 0.0961. The zero-order valence-corrected chi connectivity index (χ0v) is 13.1. The Morgan fingerprint density at radius 3 is 2.17 bits per heavy atom. The van der Waals surface area contributed by atoms with Crippen molar-refractivity contribution in [3.8, 4) is 0 Å². The van der Waals surface area contributed by atoms with Crippen molar-refractivity contribution in [2.75, 3.05) is 32.7 Å². The van der Waals surface area contributed by atoms with Crippen molar-refractivity contribution < 1.29 is 0 Å². The molecule has 0 atom stereocenters. The van der Waals surface area contributed by atoms with Crippen LogP contribution in [0.4, 0.5) is 0 Å². The van der Waals surface area contributed by atoms with Gasteiger partial charge in [0.2, 0.25) is 0 Å². The zero-order valence-electron chi connectivity index (χ0n) is 13.1. The first kappa shape index (κ1) is 16.0. The molecule has 0 aromatic heterocycles. The van der Waals surface area contributed by atoms with Gasteiger partial charge in [-0.15, -0.1) is 0 Å². The number of hydrogen-bond donors (Lipinski definition) is 1. The highest BCUT2D eigenvalue weighted by molar-refractivity contribution is 4.84. The molecule has 2 heteroatoms. The Balaban J connectivity index is 2.09. The van der Waals surface area contributed by atoms with Gasteiger partial charge >= 0.3 is 0 Å². The van der Waals surface area contributed by atoms with Crippen molar-refractivity contribution in [3.63, 3.8) is 0 Å². The van der Waals surface area contributed by atoms with Crippen LogP contribution >= 0.6 is 0 Å².